The minimum Gasteiger partial charge on any atom is -0.445 e. The van der Waals surface area contributed by atoms with Gasteiger partial charge in [-0.25, -0.2) is 4.98 Å². The van der Waals surface area contributed by atoms with Crippen molar-refractivity contribution in [3.8, 4) is 0 Å². The van der Waals surface area contributed by atoms with Crippen molar-refractivity contribution < 1.29 is 9.15 Å². The Labute approximate surface area is 89.0 Å². The van der Waals surface area contributed by atoms with E-state index in [9.17, 15) is 0 Å². The van der Waals surface area contributed by atoms with E-state index < -0.39 is 0 Å². The molecule has 1 aromatic heterocycles. The second-order valence-corrected chi connectivity index (χ2v) is 4.35. The Morgan fingerprint density at radius 3 is 2.87 bits per heavy atom. The molecule has 1 atom stereocenters. The van der Waals surface area contributed by atoms with Crippen LogP contribution in [0.2, 0.25) is 0 Å². The number of oxazole rings is 1. The monoisotopic (exact) mass is 208 g/mol. The van der Waals surface area contributed by atoms with Crippen molar-refractivity contribution in [1.29, 1.82) is 0 Å². The van der Waals surface area contributed by atoms with E-state index in [0.717, 1.165) is 49.9 Å². The highest BCUT2D eigenvalue weighted by molar-refractivity contribution is 5.15. The first-order valence-corrected chi connectivity index (χ1v) is 5.64. The van der Waals surface area contributed by atoms with Crippen LogP contribution in [-0.2, 0) is 4.74 Å². The molecule has 0 bridgehead atoms. The average Bonchev–Trinajstić information content (AvgIpc) is 2.70. The van der Waals surface area contributed by atoms with Crippen LogP contribution in [-0.4, -0.2) is 24.7 Å². The number of nitrogens with one attached hydrogen (secondary N) is 1. The fourth-order valence-electron chi connectivity index (χ4n) is 2.16. The summed E-state index contributed by atoms with van der Waals surface area (Å²) in [5.41, 5.74) is 1.02. The smallest absolute Gasteiger partial charge is 0.200 e. The second-order valence-electron chi connectivity index (χ2n) is 4.35. The molecule has 2 fully saturated rings. The Kier molecular flexibility index (Phi) is 2.25. The summed E-state index contributed by atoms with van der Waals surface area (Å²) in [7, 11) is 0. The fraction of sp³-hybridized carbons (Fsp3) is 0.727. The summed E-state index contributed by atoms with van der Waals surface area (Å²) in [6.07, 6.45) is 2.39. The van der Waals surface area contributed by atoms with Gasteiger partial charge in [0.05, 0.1) is 5.92 Å². The van der Waals surface area contributed by atoms with Gasteiger partial charge in [0.25, 0.3) is 0 Å². The van der Waals surface area contributed by atoms with Crippen LogP contribution in [0.15, 0.2) is 4.42 Å². The van der Waals surface area contributed by atoms with Crippen LogP contribution in [0.3, 0.4) is 0 Å². The van der Waals surface area contributed by atoms with Gasteiger partial charge < -0.3 is 14.5 Å². The Morgan fingerprint density at radius 1 is 1.40 bits per heavy atom. The Morgan fingerprint density at radius 2 is 2.27 bits per heavy atom. The highest BCUT2D eigenvalue weighted by atomic mass is 16.5. The first-order chi connectivity index (χ1) is 7.34. The molecule has 0 amide bonds. The Hall–Kier alpha value is -0.870. The van der Waals surface area contributed by atoms with Gasteiger partial charge in [-0.05, 0) is 19.8 Å². The molecule has 0 aromatic carbocycles. The number of hydrogen-bond acceptors (Lipinski definition) is 4. The molecule has 4 nitrogen and oxygen atoms in total. The summed E-state index contributed by atoms with van der Waals surface area (Å²) in [6.45, 7) is 4.83. The predicted molar refractivity (Wildman–Crippen MR) is 54.8 cm³/mol. The van der Waals surface area contributed by atoms with E-state index in [4.69, 9.17) is 9.15 Å². The highest BCUT2D eigenvalue weighted by Crippen LogP contribution is 2.32. The topological polar surface area (TPSA) is 47.3 Å². The summed E-state index contributed by atoms with van der Waals surface area (Å²) >= 11 is 0. The van der Waals surface area contributed by atoms with E-state index in [1.54, 1.807) is 0 Å². The largest absolute Gasteiger partial charge is 0.445 e. The first-order valence-electron chi connectivity index (χ1n) is 5.64. The summed E-state index contributed by atoms with van der Waals surface area (Å²) in [5, 5.41) is 3.23. The van der Waals surface area contributed by atoms with Crippen molar-refractivity contribution in [2.75, 3.05) is 19.7 Å². The van der Waals surface area contributed by atoms with E-state index in [2.05, 4.69) is 10.3 Å². The number of aromatic nitrogens is 1. The molecule has 0 spiro atoms. The van der Waals surface area contributed by atoms with Gasteiger partial charge in [-0.1, -0.05) is 0 Å². The third-order valence-corrected chi connectivity index (χ3v) is 3.21. The molecule has 0 saturated carbocycles. The lowest BCUT2D eigenvalue weighted by molar-refractivity contribution is 0.108. The average molecular weight is 208 g/mol. The lowest BCUT2D eigenvalue weighted by Gasteiger charge is -2.23. The minimum atomic E-state index is 0.176. The molecular weight excluding hydrogens is 192 g/mol. The molecule has 15 heavy (non-hydrogen) atoms. The van der Waals surface area contributed by atoms with Crippen molar-refractivity contribution in [3.05, 3.63) is 17.3 Å². The normalized spacial score (nSPS) is 26.9. The van der Waals surface area contributed by atoms with Gasteiger partial charge in [0.1, 0.15) is 17.6 Å². The third-order valence-electron chi connectivity index (χ3n) is 3.21. The molecule has 1 N–H and O–H groups in total. The number of nitrogens with zero attached hydrogens (tertiary/aromatic N) is 1. The molecule has 1 unspecified atom stereocenters. The zero-order valence-electron chi connectivity index (χ0n) is 8.95. The van der Waals surface area contributed by atoms with E-state index in [1.165, 1.54) is 0 Å². The van der Waals surface area contributed by atoms with Crippen LogP contribution < -0.4 is 5.32 Å². The molecular formula is C11H16N2O2. The van der Waals surface area contributed by atoms with Crippen molar-refractivity contribution in [3.63, 3.8) is 0 Å². The molecule has 2 saturated heterocycles. The van der Waals surface area contributed by atoms with Gasteiger partial charge in [0.2, 0.25) is 0 Å². The maximum atomic E-state index is 5.70. The predicted octanol–water partition coefficient (Wildman–Crippen LogP) is 1.52. The van der Waals surface area contributed by atoms with Crippen LogP contribution in [0.4, 0.5) is 0 Å². The number of rotatable bonds is 2. The summed E-state index contributed by atoms with van der Waals surface area (Å²) in [4.78, 5) is 4.58. The van der Waals surface area contributed by atoms with E-state index in [-0.39, 0.29) is 6.10 Å². The van der Waals surface area contributed by atoms with Crippen LogP contribution in [0.5, 0.6) is 0 Å². The maximum absolute atomic E-state index is 5.70. The lowest BCUT2D eigenvalue weighted by atomic mass is 10.0. The second kappa shape index (κ2) is 3.61. The van der Waals surface area contributed by atoms with Gasteiger partial charge >= 0.3 is 0 Å². The van der Waals surface area contributed by atoms with Crippen molar-refractivity contribution in [2.24, 2.45) is 0 Å². The standard InChI is InChI=1S/C11H16N2O2/c1-7-10(9-3-2-4-14-9)13-11(15-7)8-5-12-6-8/h8-9,12H,2-6H2,1H3. The molecule has 2 aliphatic rings. The summed E-state index contributed by atoms with van der Waals surface area (Å²) in [6, 6.07) is 0. The molecule has 4 heteroatoms. The lowest BCUT2D eigenvalue weighted by Crippen LogP contribution is -2.40. The Bertz CT molecular complexity index is 351. The van der Waals surface area contributed by atoms with Crippen LogP contribution in [0.25, 0.3) is 0 Å². The van der Waals surface area contributed by atoms with Gasteiger partial charge in [-0.15, -0.1) is 0 Å². The number of hydrogen-bond donors (Lipinski definition) is 1. The third kappa shape index (κ3) is 1.58. The molecule has 82 valence electrons. The molecule has 3 heterocycles. The van der Waals surface area contributed by atoms with Gasteiger partial charge in [-0.3, -0.25) is 0 Å². The van der Waals surface area contributed by atoms with Gasteiger partial charge in [-0.2, -0.15) is 0 Å². The zero-order valence-corrected chi connectivity index (χ0v) is 8.95. The zero-order chi connectivity index (χ0) is 10.3. The molecule has 1 aromatic rings. The van der Waals surface area contributed by atoms with Crippen molar-refractivity contribution in [2.45, 2.75) is 31.8 Å². The molecule has 0 radical (unpaired) electrons. The summed E-state index contributed by atoms with van der Waals surface area (Å²) < 4.78 is 11.3. The SMILES string of the molecule is Cc1oc(C2CNC2)nc1C1CCCO1. The van der Waals surface area contributed by atoms with Crippen LogP contribution in [0.1, 0.15) is 42.2 Å². The van der Waals surface area contributed by atoms with Crippen LogP contribution >= 0.6 is 0 Å². The molecule has 0 aliphatic carbocycles. The quantitative estimate of drug-likeness (QED) is 0.800. The summed E-state index contributed by atoms with van der Waals surface area (Å²) in [5.74, 6) is 2.29. The number of ether oxygens (including phenoxy) is 1. The van der Waals surface area contributed by atoms with Crippen LogP contribution in [0, 0.1) is 6.92 Å². The van der Waals surface area contributed by atoms with E-state index >= 15 is 0 Å². The minimum absolute atomic E-state index is 0.176. The molecule has 3 rings (SSSR count). The van der Waals surface area contributed by atoms with Crippen molar-refractivity contribution >= 4 is 0 Å². The van der Waals surface area contributed by atoms with Gasteiger partial charge in [0, 0.05) is 19.7 Å². The highest BCUT2D eigenvalue weighted by Gasteiger charge is 2.29. The Balaban J connectivity index is 1.84. The van der Waals surface area contributed by atoms with Gasteiger partial charge in [0.15, 0.2) is 5.89 Å². The number of aryl methyl sites for hydroxylation is 1. The fourth-order valence-corrected chi connectivity index (χ4v) is 2.16. The maximum Gasteiger partial charge on any atom is 0.200 e. The first kappa shape index (κ1) is 9.36. The molecule has 2 aliphatic heterocycles. The van der Waals surface area contributed by atoms with E-state index in [1.807, 2.05) is 6.92 Å². The van der Waals surface area contributed by atoms with Crippen molar-refractivity contribution in [1.82, 2.24) is 10.3 Å². The van der Waals surface area contributed by atoms with E-state index in [0.29, 0.717) is 5.92 Å².